The zero-order valence-corrected chi connectivity index (χ0v) is 16.4. The minimum absolute atomic E-state index is 0.131. The highest BCUT2D eigenvalue weighted by atomic mass is 16.5. The summed E-state index contributed by atoms with van der Waals surface area (Å²) < 4.78 is 5.19. The SMILES string of the molecule is COc1ccc2nc(C(=O)NCC(=O)Nc3c(C)cc(C)cc3C)ccc2c1. The van der Waals surface area contributed by atoms with Gasteiger partial charge in [0.15, 0.2) is 0 Å². The summed E-state index contributed by atoms with van der Waals surface area (Å²) in [4.78, 5) is 29.0. The smallest absolute Gasteiger partial charge is 0.270 e. The number of nitrogens with one attached hydrogen (secondary N) is 2. The lowest BCUT2D eigenvalue weighted by Gasteiger charge is -2.13. The second-order valence-electron chi connectivity index (χ2n) is 6.76. The van der Waals surface area contributed by atoms with E-state index in [0.717, 1.165) is 33.5 Å². The largest absolute Gasteiger partial charge is 0.497 e. The first-order valence-corrected chi connectivity index (χ1v) is 8.98. The number of nitrogens with zero attached hydrogens (tertiary/aromatic N) is 1. The van der Waals surface area contributed by atoms with Crippen LogP contribution in [0, 0.1) is 20.8 Å². The second kappa shape index (κ2) is 8.08. The molecule has 3 rings (SSSR count). The fourth-order valence-corrected chi connectivity index (χ4v) is 3.17. The van der Waals surface area contributed by atoms with E-state index in [1.54, 1.807) is 31.4 Å². The van der Waals surface area contributed by atoms with Crippen molar-refractivity contribution in [1.82, 2.24) is 10.3 Å². The van der Waals surface area contributed by atoms with Crippen molar-refractivity contribution in [1.29, 1.82) is 0 Å². The molecule has 0 unspecified atom stereocenters. The lowest BCUT2D eigenvalue weighted by Crippen LogP contribution is -2.33. The molecule has 0 bridgehead atoms. The van der Waals surface area contributed by atoms with Gasteiger partial charge >= 0.3 is 0 Å². The van der Waals surface area contributed by atoms with Crippen LogP contribution in [0.25, 0.3) is 10.9 Å². The van der Waals surface area contributed by atoms with Crippen LogP contribution in [0.4, 0.5) is 5.69 Å². The number of hydrogen-bond donors (Lipinski definition) is 2. The van der Waals surface area contributed by atoms with E-state index in [2.05, 4.69) is 15.6 Å². The number of aromatic nitrogens is 1. The topological polar surface area (TPSA) is 80.3 Å². The van der Waals surface area contributed by atoms with Crippen molar-refractivity contribution in [2.24, 2.45) is 0 Å². The number of anilines is 1. The Kier molecular flexibility index (Phi) is 5.59. The number of methoxy groups -OCH3 is 1. The summed E-state index contributed by atoms with van der Waals surface area (Å²) >= 11 is 0. The first-order valence-electron chi connectivity index (χ1n) is 8.98. The average Bonchev–Trinajstić information content (AvgIpc) is 2.68. The van der Waals surface area contributed by atoms with Gasteiger partial charge in [-0.15, -0.1) is 0 Å². The molecule has 144 valence electrons. The molecular weight excluding hydrogens is 354 g/mol. The van der Waals surface area contributed by atoms with Gasteiger partial charge in [-0.25, -0.2) is 4.98 Å². The number of aryl methyl sites for hydroxylation is 3. The van der Waals surface area contributed by atoms with Gasteiger partial charge in [0, 0.05) is 11.1 Å². The molecule has 2 N–H and O–H groups in total. The molecular formula is C22H23N3O3. The molecule has 2 amide bonds. The van der Waals surface area contributed by atoms with E-state index in [-0.39, 0.29) is 18.1 Å². The lowest BCUT2D eigenvalue weighted by molar-refractivity contribution is -0.115. The normalized spacial score (nSPS) is 10.6. The number of fused-ring (bicyclic) bond motifs is 1. The van der Waals surface area contributed by atoms with Crippen LogP contribution in [-0.2, 0) is 4.79 Å². The van der Waals surface area contributed by atoms with E-state index < -0.39 is 5.91 Å². The Hall–Kier alpha value is -3.41. The van der Waals surface area contributed by atoms with Gasteiger partial charge in [-0.3, -0.25) is 9.59 Å². The Morgan fingerprint density at radius 3 is 2.39 bits per heavy atom. The molecule has 28 heavy (non-hydrogen) atoms. The summed E-state index contributed by atoms with van der Waals surface area (Å²) in [6.07, 6.45) is 0. The van der Waals surface area contributed by atoms with E-state index in [1.807, 2.05) is 39.0 Å². The summed E-state index contributed by atoms with van der Waals surface area (Å²) in [5.74, 6) is 0.0454. The second-order valence-corrected chi connectivity index (χ2v) is 6.76. The molecule has 0 spiro atoms. The van der Waals surface area contributed by atoms with Crippen molar-refractivity contribution in [3.05, 3.63) is 64.8 Å². The summed E-state index contributed by atoms with van der Waals surface area (Å²) in [5, 5.41) is 6.36. The van der Waals surface area contributed by atoms with Gasteiger partial charge in [0.2, 0.25) is 5.91 Å². The summed E-state index contributed by atoms with van der Waals surface area (Å²) in [5.41, 5.74) is 4.84. The zero-order valence-electron chi connectivity index (χ0n) is 16.4. The quantitative estimate of drug-likeness (QED) is 0.713. The zero-order chi connectivity index (χ0) is 20.3. The van der Waals surface area contributed by atoms with Gasteiger partial charge in [-0.1, -0.05) is 23.8 Å². The number of ether oxygens (including phenoxy) is 1. The van der Waals surface area contributed by atoms with Gasteiger partial charge in [0.05, 0.1) is 19.2 Å². The monoisotopic (exact) mass is 377 g/mol. The third-order valence-electron chi connectivity index (χ3n) is 4.48. The van der Waals surface area contributed by atoms with Crippen molar-refractivity contribution in [3.63, 3.8) is 0 Å². The highest BCUT2D eigenvalue weighted by Crippen LogP contribution is 2.22. The number of carbonyl (C=O) groups is 2. The molecule has 3 aromatic rings. The number of rotatable bonds is 5. The lowest BCUT2D eigenvalue weighted by atomic mass is 10.1. The highest BCUT2D eigenvalue weighted by Gasteiger charge is 2.12. The first kappa shape index (κ1) is 19.4. The average molecular weight is 377 g/mol. The fraction of sp³-hybridized carbons (Fsp3) is 0.227. The fourth-order valence-electron chi connectivity index (χ4n) is 3.17. The molecule has 6 nitrogen and oxygen atoms in total. The minimum Gasteiger partial charge on any atom is -0.497 e. The molecule has 0 atom stereocenters. The maximum atomic E-state index is 12.4. The van der Waals surface area contributed by atoms with Crippen LogP contribution in [-0.4, -0.2) is 30.5 Å². The van der Waals surface area contributed by atoms with Crippen molar-refractivity contribution in [2.45, 2.75) is 20.8 Å². The highest BCUT2D eigenvalue weighted by molar-refractivity contribution is 6.00. The molecule has 0 radical (unpaired) electrons. The van der Waals surface area contributed by atoms with Gasteiger partial charge in [0.1, 0.15) is 11.4 Å². The van der Waals surface area contributed by atoms with Crippen LogP contribution in [0.15, 0.2) is 42.5 Å². The maximum absolute atomic E-state index is 12.4. The van der Waals surface area contributed by atoms with Crippen LogP contribution in [0.2, 0.25) is 0 Å². The van der Waals surface area contributed by atoms with Crippen molar-refractivity contribution >= 4 is 28.4 Å². The Morgan fingerprint density at radius 2 is 1.71 bits per heavy atom. The number of carbonyl (C=O) groups excluding carboxylic acids is 2. The van der Waals surface area contributed by atoms with Crippen molar-refractivity contribution in [3.8, 4) is 5.75 Å². The molecule has 1 heterocycles. The van der Waals surface area contributed by atoms with Crippen LogP contribution < -0.4 is 15.4 Å². The van der Waals surface area contributed by atoms with Crippen molar-refractivity contribution in [2.75, 3.05) is 19.0 Å². The third-order valence-corrected chi connectivity index (χ3v) is 4.48. The molecule has 0 aliphatic rings. The van der Waals surface area contributed by atoms with Gasteiger partial charge in [0.25, 0.3) is 5.91 Å². The standard InChI is InChI=1S/C22H23N3O3/c1-13-9-14(2)21(15(3)10-13)25-20(26)12-23-22(27)19-7-5-16-11-17(28-4)6-8-18(16)24-19/h5-11H,12H2,1-4H3,(H,23,27)(H,25,26). The molecule has 0 fully saturated rings. The minimum atomic E-state index is -0.398. The molecule has 1 aromatic heterocycles. The number of amides is 2. The molecule has 0 aliphatic carbocycles. The number of hydrogen-bond acceptors (Lipinski definition) is 4. The molecule has 2 aromatic carbocycles. The number of benzene rings is 2. The predicted octanol–water partition coefficient (Wildman–Crippen LogP) is 3.54. The van der Waals surface area contributed by atoms with Crippen LogP contribution in [0.3, 0.4) is 0 Å². The summed E-state index contributed by atoms with van der Waals surface area (Å²) in [6, 6.07) is 12.9. The molecule has 0 saturated heterocycles. The maximum Gasteiger partial charge on any atom is 0.270 e. The third kappa shape index (κ3) is 4.28. The van der Waals surface area contributed by atoms with Gasteiger partial charge in [-0.2, -0.15) is 0 Å². The van der Waals surface area contributed by atoms with E-state index in [0.29, 0.717) is 5.52 Å². The Morgan fingerprint density at radius 1 is 1.00 bits per heavy atom. The Balaban J connectivity index is 1.65. The Bertz CT molecular complexity index is 1040. The first-order chi connectivity index (χ1) is 13.4. The van der Waals surface area contributed by atoms with E-state index >= 15 is 0 Å². The summed E-state index contributed by atoms with van der Waals surface area (Å²) in [6.45, 7) is 5.77. The van der Waals surface area contributed by atoms with Gasteiger partial charge < -0.3 is 15.4 Å². The number of pyridine rings is 1. The molecule has 0 saturated carbocycles. The van der Waals surface area contributed by atoms with Crippen LogP contribution in [0.5, 0.6) is 5.75 Å². The van der Waals surface area contributed by atoms with E-state index in [4.69, 9.17) is 4.74 Å². The van der Waals surface area contributed by atoms with Gasteiger partial charge in [-0.05, 0) is 56.2 Å². The van der Waals surface area contributed by atoms with E-state index in [1.165, 1.54) is 0 Å². The summed E-state index contributed by atoms with van der Waals surface area (Å²) in [7, 11) is 1.60. The molecule has 0 aliphatic heterocycles. The Labute approximate surface area is 163 Å². The molecule has 6 heteroatoms. The van der Waals surface area contributed by atoms with Crippen molar-refractivity contribution < 1.29 is 14.3 Å². The predicted molar refractivity (Wildman–Crippen MR) is 110 cm³/mol. The van der Waals surface area contributed by atoms with Crippen LogP contribution in [0.1, 0.15) is 27.2 Å². The van der Waals surface area contributed by atoms with E-state index in [9.17, 15) is 9.59 Å². The van der Waals surface area contributed by atoms with Crippen LogP contribution >= 0.6 is 0 Å².